The number of ether oxygens (including phenoxy) is 6. The van der Waals surface area contributed by atoms with Crippen molar-refractivity contribution in [2.75, 3.05) is 13.2 Å². The largest absolute Gasteiger partial charge is 0.465 e. The number of alkyl halides is 2. The maximum atomic E-state index is 16.6. The third-order valence-corrected chi connectivity index (χ3v) is 8.38. The van der Waals surface area contributed by atoms with Gasteiger partial charge in [0.15, 0.2) is 6.10 Å². The van der Waals surface area contributed by atoms with Crippen LogP contribution in [0.25, 0.3) is 0 Å². The molecule has 1 aliphatic rings. The fraction of sp³-hybridized carbons (Fsp3) is 0.375. The van der Waals surface area contributed by atoms with Crippen LogP contribution in [0.5, 0.6) is 0 Å². The monoisotopic (exact) mass is 689 g/mol. The smallest absolute Gasteiger partial charge is 0.323 e. The van der Waals surface area contributed by atoms with E-state index < -0.39 is 54.9 Å². The maximum absolute atomic E-state index is 16.6. The molecule has 0 radical (unpaired) electrons. The van der Waals surface area contributed by atoms with E-state index in [2.05, 4.69) is 0 Å². The summed E-state index contributed by atoms with van der Waals surface area (Å²) in [7, 11) is 0. The van der Waals surface area contributed by atoms with E-state index in [1.807, 2.05) is 121 Å². The predicted octanol–water partition coefficient (Wildman–Crippen LogP) is 6.64. The summed E-state index contributed by atoms with van der Waals surface area (Å²) >= 11 is 0. The van der Waals surface area contributed by atoms with Crippen LogP contribution in [-0.4, -0.2) is 61.7 Å². The minimum atomic E-state index is -3.65. The second-order valence-corrected chi connectivity index (χ2v) is 12.2. The quantitative estimate of drug-likeness (QED) is 0.116. The Morgan fingerprint density at radius 2 is 1.10 bits per heavy atom. The van der Waals surface area contributed by atoms with Crippen LogP contribution in [0, 0.1) is 0 Å². The Balaban J connectivity index is 1.50. The van der Waals surface area contributed by atoms with Gasteiger partial charge in [-0.25, -0.2) is 8.78 Å². The highest BCUT2D eigenvalue weighted by Crippen LogP contribution is 2.39. The third kappa shape index (κ3) is 10.7. The van der Waals surface area contributed by atoms with Gasteiger partial charge in [-0.15, -0.1) is 0 Å². The van der Waals surface area contributed by atoms with Gasteiger partial charge in [0.05, 0.1) is 39.6 Å². The van der Waals surface area contributed by atoms with Crippen molar-refractivity contribution in [3.05, 3.63) is 144 Å². The summed E-state index contributed by atoms with van der Waals surface area (Å²) in [5, 5.41) is 0. The molecule has 0 spiro atoms. The van der Waals surface area contributed by atoms with Gasteiger partial charge in [0.2, 0.25) is 0 Å². The molecule has 4 aromatic carbocycles. The number of halogens is 2. The molecule has 6 atom stereocenters. The van der Waals surface area contributed by atoms with Crippen molar-refractivity contribution in [1.29, 1.82) is 0 Å². The van der Waals surface area contributed by atoms with Crippen molar-refractivity contribution in [3.63, 3.8) is 0 Å². The van der Waals surface area contributed by atoms with Crippen molar-refractivity contribution in [3.8, 4) is 0 Å². The van der Waals surface area contributed by atoms with Gasteiger partial charge < -0.3 is 34.2 Å². The minimum Gasteiger partial charge on any atom is -0.465 e. The summed E-state index contributed by atoms with van der Waals surface area (Å²) in [6.07, 6.45) is -7.18. The average Bonchev–Trinajstić information content (AvgIpc) is 3.14. The summed E-state index contributed by atoms with van der Waals surface area (Å²) in [6, 6.07) is 36.1. The van der Waals surface area contributed by atoms with Gasteiger partial charge >= 0.3 is 5.97 Å². The lowest BCUT2D eigenvalue weighted by Gasteiger charge is -2.48. The van der Waals surface area contributed by atoms with Crippen LogP contribution in [0.2, 0.25) is 0 Å². The van der Waals surface area contributed by atoms with Crippen molar-refractivity contribution >= 4 is 5.97 Å². The van der Waals surface area contributed by atoms with Crippen LogP contribution in [-0.2, 0) is 59.6 Å². The van der Waals surface area contributed by atoms with Crippen LogP contribution in [0.4, 0.5) is 8.78 Å². The Morgan fingerprint density at radius 1 is 0.680 bits per heavy atom. The Morgan fingerprint density at radius 3 is 1.56 bits per heavy atom. The van der Waals surface area contributed by atoms with Gasteiger partial charge in [-0.3, -0.25) is 4.79 Å². The van der Waals surface area contributed by atoms with E-state index >= 15 is 8.78 Å². The van der Waals surface area contributed by atoms with Crippen molar-refractivity contribution in [1.82, 2.24) is 0 Å². The first-order chi connectivity index (χ1) is 24.3. The van der Waals surface area contributed by atoms with Crippen LogP contribution in [0.1, 0.15) is 35.6 Å². The van der Waals surface area contributed by atoms with E-state index in [0.717, 1.165) is 22.3 Å². The molecular formula is C40H45F2NO7. The van der Waals surface area contributed by atoms with E-state index in [4.69, 9.17) is 34.2 Å². The maximum Gasteiger partial charge on any atom is 0.323 e. The highest BCUT2D eigenvalue weighted by atomic mass is 19.3. The molecule has 4 aromatic rings. The number of carbonyl (C=O) groups excluding carboxylic acids is 1. The SMILES string of the molecule is CCOC(=O)[C@@H](N)CC(F)(F)[C@@H]1O[C@H](COCc2ccccc2)[C@H](OCc2ccccc2)[C@H](OCc2ccccc2)[C@H]1OCc1ccccc1. The first-order valence-electron chi connectivity index (χ1n) is 16.9. The average molecular weight is 690 g/mol. The number of hydrogen-bond acceptors (Lipinski definition) is 8. The van der Waals surface area contributed by atoms with Gasteiger partial charge in [0, 0.05) is 6.42 Å². The highest BCUT2D eigenvalue weighted by Gasteiger charge is 2.58. The molecule has 0 unspecified atom stereocenters. The van der Waals surface area contributed by atoms with Gasteiger partial charge in [0.25, 0.3) is 5.92 Å². The molecule has 0 amide bonds. The van der Waals surface area contributed by atoms with E-state index in [1.54, 1.807) is 6.92 Å². The molecule has 10 heteroatoms. The number of hydrogen-bond donors (Lipinski definition) is 1. The number of nitrogens with two attached hydrogens (primary N) is 1. The fourth-order valence-electron chi connectivity index (χ4n) is 5.87. The van der Waals surface area contributed by atoms with Crippen LogP contribution >= 0.6 is 0 Å². The molecule has 1 aliphatic heterocycles. The lowest BCUT2D eigenvalue weighted by Crippen LogP contribution is -2.66. The molecule has 1 saturated heterocycles. The van der Waals surface area contributed by atoms with Crippen LogP contribution in [0.15, 0.2) is 121 Å². The topological polar surface area (TPSA) is 98.5 Å². The van der Waals surface area contributed by atoms with Gasteiger partial charge in [-0.05, 0) is 29.2 Å². The van der Waals surface area contributed by atoms with Crippen molar-refractivity contribution < 1.29 is 42.0 Å². The van der Waals surface area contributed by atoms with E-state index in [0.29, 0.717) is 0 Å². The first-order valence-corrected chi connectivity index (χ1v) is 16.9. The molecule has 8 nitrogen and oxygen atoms in total. The minimum absolute atomic E-state index is 0.00282. The Hall–Kier alpha value is -4.03. The molecule has 50 heavy (non-hydrogen) atoms. The van der Waals surface area contributed by atoms with Gasteiger partial charge in [-0.2, -0.15) is 0 Å². The highest BCUT2D eigenvalue weighted by molar-refractivity contribution is 5.75. The first kappa shape index (κ1) is 37.2. The van der Waals surface area contributed by atoms with Gasteiger partial charge in [-0.1, -0.05) is 121 Å². The summed E-state index contributed by atoms with van der Waals surface area (Å²) in [5.41, 5.74) is 9.37. The Kier molecular flexibility index (Phi) is 14.0. The van der Waals surface area contributed by atoms with Gasteiger partial charge in [0.1, 0.15) is 30.5 Å². The van der Waals surface area contributed by atoms with Crippen LogP contribution in [0.3, 0.4) is 0 Å². The number of benzene rings is 4. The number of carbonyl (C=O) groups is 1. The standard InChI is InChI=1S/C40H45F2NO7/c1-2-46-39(44)33(43)23-40(41,42)38-37(49-27-32-21-13-6-14-22-32)36(48-26-31-19-11-5-12-20-31)35(47-25-30-17-9-4-10-18-30)34(50-38)28-45-24-29-15-7-3-8-16-29/h3-22,33-38H,2,23-28,43H2,1H3/t33-,34+,35-,36-,37+,38+/m0/s1. The zero-order chi connectivity index (χ0) is 35.2. The van der Waals surface area contributed by atoms with Crippen LogP contribution < -0.4 is 5.73 Å². The molecule has 266 valence electrons. The fourth-order valence-corrected chi connectivity index (χ4v) is 5.87. The molecule has 1 heterocycles. The number of rotatable bonds is 18. The Bertz CT molecular complexity index is 1550. The van der Waals surface area contributed by atoms with Crippen molar-refractivity contribution in [2.24, 2.45) is 5.73 Å². The summed E-state index contributed by atoms with van der Waals surface area (Å²) < 4.78 is 69.9. The predicted molar refractivity (Wildman–Crippen MR) is 184 cm³/mol. The third-order valence-electron chi connectivity index (χ3n) is 8.38. The summed E-state index contributed by atoms with van der Waals surface area (Å²) in [6.45, 7) is 2.00. The molecule has 0 saturated carbocycles. The van der Waals surface area contributed by atoms with E-state index in [-0.39, 0.29) is 39.6 Å². The summed E-state index contributed by atoms with van der Waals surface area (Å²) in [4.78, 5) is 12.4. The molecule has 0 aromatic heterocycles. The van der Waals surface area contributed by atoms with E-state index in [9.17, 15) is 4.79 Å². The summed E-state index contributed by atoms with van der Waals surface area (Å²) in [5.74, 6) is -4.57. The normalized spacial score (nSPS) is 21.4. The molecule has 0 bridgehead atoms. The zero-order valence-corrected chi connectivity index (χ0v) is 28.2. The molecule has 0 aliphatic carbocycles. The lowest BCUT2D eigenvalue weighted by molar-refractivity contribution is -0.311. The second kappa shape index (κ2) is 18.8. The molecule has 1 fully saturated rings. The number of esters is 1. The van der Waals surface area contributed by atoms with Crippen molar-refractivity contribution in [2.45, 2.75) is 82.3 Å². The Labute approximate surface area is 292 Å². The molecular weight excluding hydrogens is 644 g/mol. The lowest BCUT2D eigenvalue weighted by atomic mass is 9.88. The van der Waals surface area contributed by atoms with E-state index in [1.165, 1.54) is 0 Å². The molecule has 5 rings (SSSR count). The molecule has 2 N–H and O–H groups in total. The zero-order valence-electron chi connectivity index (χ0n) is 28.2. The second-order valence-electron chi connectivity index (χ2n) is 12.2.